The van der Waals surface area contributed by atoms with Gasteiger partial charge < -0.3 is 0 Å². The van der Waals surface area contributed by atoms with Crippen molar-refractivity contribution in [2.45, 2.75) is 13.0 Å². The molecule has 0 amide bonds. The summed E-state index contributed by atoms with van der Waals surface area (Å²) in [4.78, 5) is 24.3. The molecule has 0 saturated heterocycles. The lowest BCUT2D eigenvalue weighted by Gasteiger charge is -2.13. The second-order valence-corrected chi connectivity index (χ2v) is 5.27. The first-order chi connectivity index (χ1) is 10.7. The number of para-hydroxylation sites is 2. The number of rotatable bonds is 2. The Morgan fingerprint density at radius 3 is 2.32 bits per heavy atom. The molecule has 1 atom stereocenters. The number of aromatic amines is 1. The summed E-state index contributed by atoms with van der Waals surface area (Å²) in [7, 11) is 0. The lowest BCUT2D eigenvalue weighted by Crippen LogP contribution is -2.21. The van der Waals surface area contributed by atoms with E-state index in [2.05, 4.69) is 15.0 Å². The van der Waals surface area contributed by atoms with E-state index in [0.717, 1.165) is 16.6 Å². The van der Waals surface area contributed by atoms with Gasteiger partial charge in [-0.05, 0) is 24.6 Å². The van der Waals surface area contributed by atoms with Crippen LogP contribution in [0.15, 0.2) is 59.4 Å². The van der Waals surface area contributed by atoms with E-state index >= 15 is 0 Å². The number of imidazole rings is 1. The molecule has 108 valence electrons. The van der Waals surface area contributed by atoms with E-state index in [1.54, 1.807) is 4.57 Å². The number of aromatic nitrogens is 4. The Bertz CT molecular complexity index is 1020. The van der Waals surface area contributed by atoms with Crippen LogP contribution >= 0.6 is 0 Å². The maximum absolute atomic E-state index is 12.4. The lowest BCUT2D eigenvalue weighted by atomic mass is 10.1. The molecule has 2 aromatic carbocycles. The number of nitrogens with one attached hydrogen (secondary N) is 1. The molecule has 0 saturated carbocycles. The number of hydrogen-bond donors (Lipinski definition) is 1. The topological polar surface area (TPSA) is 63.6 Å². The van der Waals surface area contributed by atoms with Gasteiger partial charge in [-0.15, -0.1) is 0 Å². The monoisotopic (exact) mass is 290 g/mol. The number of hydrogen-bond acceptors (Lipinski definition) is 3. The third-order valence-corrected chi connectivity index (χ3v) is 3.89. The molecular formula is C17H14N4O. The SMILES string of the molecule is CC(c1ccccc1)n1c(=O)[nH]c2nc3ccccc3nc21. The van der Waals surface area contributed by atoms with Gasteiger partial charge >= 0.3 is 5.69 Å². The fourth-order valence-corrected chi connectivity index (χ4v) is 2.74. The van der Waals surface area contributed by atoms with Crippen LogP contribution in [0.3, 0.4) is 0 Å². The highest BCUT2D eigenvalue weighted by atomic mass is 16.1. The minimum Gasteiger partial charge on any atom is -0.289 e. The van der Waals surface area contributed by atoms with E-state index < -0.39 is 0 Å². The van der Waals surface area contributed by atoms with E-state index in [-0.39, 0.29) is 11.7 Å². The highest BCUT2D eigenvalue weighted by molar-refractivity contribution is 5.82. The van der Waals surface area contributed by atoms with Gasteiger partial charge in [0.25, 0.3) is 0 Å². The third-order valence-electron chi connectivity index (χ3n) is 3.89. The quantitative estimate of drug-likeness (QED) is 0.617. The molecule has 5 nitrogen and oxygen atoms in total. The number of fused-ring (bicyclic) bond motifs is 2. The van der Waals surface area contributed by atoms with Crippen molar-refractivity contribution >= 4 is 22.3 Å². The Labute approximate surface area is 126 Å². The minimum absolute atomic E-state index is 0.113. The largest absolute Gasteiger partial charge is 0.329 e. The predicted molar refractivity (Wildman–Crippen MR) is 85.9 cm³/mol. The first-order valence-electron chi connectivity index (χ1n) is 7.16. The summed E-state index contributed by atoms with van der Waals surface area (Å²) in [5.41, 5.74) is 3.52. The number of nitrogens with zero attached hydrogens (tertiary/aromatic N) is 3. The Morgan fingerprint density at radius 1 is 0.955 bits per heavy atom. The summed E-state index contributed by atoms with van der Waals surface area (Å²) in [6, 6.07) is 17.4. The highest BCUT2D eigenvalue weighted by Crippen LogP contribution is 2.20. The summed E-state index contributed by atoms with van der Waals surface area (Å²) in [6.07, 6.45) is 0. The van der Waals surface area contributed by atoms with Crippen LogP contribution in [0.5, 0.6) is 0 Å². The van der Waals surface area contributed by atoms with Crippen LogP contribution in [0.4, 0.5) is 0 Å². The van der Waals surface area contributed by atoms with Gasteiger partial charge in [0.2, 0.25) is 0 Å². The van der Waals surface area contributed by atoms with Crippen LogP contribution in [0, 0.1) is 0 Å². The molecule has 2 heterocycles. The van der Waals surface area contributed by atoms with Crippen molar-refractivity contribution in [1.82, 2.24) is 19.5 Å². The van der Waals surface area contributed by atoms with E-state index in [1.807, 2.05) is 61.5 Å². The maximum atomic E-state index is 12.4. The molecular weight excluding hydrogens is 276 g/mol. The zero-order valence-corrected chi connectivity index (χ0v) is 12.0. The van der Waals surface area contributed by atoms with Crippen LogP contribution < -0.4 is 5.69 Å². The molecule has 4 rings (SSSR count). The van der Waals surface area contributed by atoms with Crippen molar-refractivity contribution in [3.05, 3.63) is 70.6 Å². The normalized spacial score (nSPS) is 12.8. The first-order valence-corrected chi connectivity index (χ1v) is 7.16. The zero-order valence-electron chi connectivity index (χ0n) is 12.0. The predicted octanol–water partition coefficient (Wildman–Crippen LogP) is 2.88. The van der Waals surface area contributed by atoms with Crippen LogP contribution in [0.1, 0.15) is 18.5 Å². The van der Waals surface area contributed by atoms with Crippen molar-refractivity contribution in [1.29, 1.82) is 0 Å². The van der Waals surface area contributed by atoms with Gasteiger partial charge in [-0.2, -0.15) is 0 Å². The standard InChI is InChI=1S/C17H14N4O/c1-11(12-7-3-2-4-8-12)21-16-15(20-17(21)22)18-13-9-5-6-10-14(13)19-16/h2-11H,1H3,(H,18,20,22). The van der Waals surface area contributed by atoms with Gasteiger partial charge in [0.1, 0.15) is 0 Å². The first kappa shape index (κ1) is 12.8. The van der Waals surface area contributed by atoms with Crippen LogP contribution in [-0.4, -0.2) is 19.5 Å². The van der Waals surface area contributed by atoms with Crippen molar-refractivity contribution in [2.24, 2.45) is 0 Å². The smallest absolute Gasteiger partial charge is 0.289 e. The molecule has 5 heteroatoms. The van der Waals surface area contributed by atoms with Crippen LogP contribution in [0.2, 0.25) is 0 Å². The highest BCUT2D eigenvalue weighted by Gasteiger charge is 2.17. The molecule has 0 aliphatic carbocycles. The van der Waals surface area contributed by atoms with E-state index in [9.17, 15) is 4.79 Å². The molecule has 0 radical (unpaired) electrons. The third kappa shape index (κ3) is 1.90. The molecule has 0 fully saturated rings. The molecule has 0 spiro atoms. The number of benzene rings is 2. The molecule has 2 aromatic heterocycles. The molecule has 0 aliphatic rings. The van der Waals surface area contributed by atoms with Crippen LogP contribution in [-0.2, 0) is 0 Å². The summed E-state index contributed by atoms with van der Waals surface area (Å²) in [6.45, 7) is 1.99. The Kier molecular flexibility index (Phi) is 2.79. The minimum atomic E-state index is -0.193. The second kappa shape index (κ2) is 4.80. The Morgan fingerprint density at radius 2 is 1.59 bits per heavy atom. The van der Waals surface area contributed by atoms with E-state index in [1.165, 1.54) is 0 Å². The van der Waals surface area contributed by atoms with E-state index in [0.29, 0.717) is 11.3 Å². The average Bonchev–Trinajstić information content (AvgIpc) is 2.87. The summed E-state index contributed by atoms with van der Waals surface area (Å²) in [5, 5.41) is 0. The van der Waals surface area contributed by atoms with Crippen LogP contribution in [0.25, 0.3) is 22.3 Å². The van der Waals surface area contributed by atoms with Gasteiger partial charge in [-0.3, -0.25) is 9.55 Å². The zero-order chi connectivity index (χ0) is 15.1. The van der Waals surface area contributed by atoms with Crippen molar-refractivity contribution < 1.29 is 0 Å². The summed E-state index contributed by atoms with van der Waals surface area (Å²) >= 11 is 0. The van der Waals surface area contributed by atoms with E-state index in [4.69, 9.17) is 0 Å². The Hall–Kier alpha value is -2.95. The lowest BCUT2D eigenvalue weighted by molar-refractivity contribution is 0.631. The molecule has 22 heavy (non-hydrogen) atoms. The van der Waals surface area contributed by atoms with Gasteiger partial charge in [-0.25, -0.2) is 14.8 Å². The Balaban J connectivity index is 1.99. The average molecular weight is 290 g/mol. The summed E-state index contributed by atoms with van der Waals surface area (Å²) < 4.78 is 1.66. The summed E-state index contributed by atoms with van der Waals surface area (Å²) in [5.74, 6) is 0. The fraction of sp³-hybridized carbons (Fsp3) is 0.118. The van der Waals surface area contributed by atoms with Gasteiger partial charge in [0, 0.05) is 0 Å². The fourth-order valence-electron chi connectivity index (χ4n) is 2.74. The molecule has 0 aliphatic heterocycles. The van der Waals surface area contributed by atoms with Gasteiger partial charge in [0.15, 0.2) is 11.3 Å². The molecule has 1 unspecified atom stereocenters. The molecule has 0 bridgehead atoms. The molecule has 4 aromatic rings. The van der Waals surface area contributed by atoms with Crippen molar-refractivity contribution in [2.75, 3.05) is 0 Å². The van der Waals surface area contributed by atoms with Crippen molar-refractivity contribution in [3.63, 3.8) is 0 Å². The number of H-pyrrole nitrogens is 1. The van der Waals surface area contributed by atoms with Gasteiger partial charge in [0.05, 0.1) is 17.1 Å². The second-order valence-electron chi connectivity index (χ2n) is 5.27. The van der Waals surface area contributed by atoms with Crippen molar-refractivity contribution in [3.8, 4) is 0 Å². The maximum Gasteiger partial charge on any atom is 0.329 e. The van der Waals surface area contributed by atoms with Gasteiger partial charge in [-0.1, -0.05) is 42.5 Å². The molecule has 1 N–H and O–H groups in total.